The molecule has 0 aliphatic carbocycles. The normalized spacial score (nSPS) is 16.0. The van der Waals surface area contributed by atoms with E-state index in [1.807, 2.05) is 36.4 Å². The van der Waals surface area contributed by atoms with Gasteiger partial charge in [0, 0.05) is 31.9 Å². The van der Waals surface area contributed by atoms with Crippen LogP contribution in [0.15, 0.2) is 47.6 Å². The van der Waals surface area contributed by atoms with Crippen LogP contribution in [-0.2, 0) is 11.3 Å². The van der Waals surface area contributed by atoms with E-state index in [9.17, 15) is 0 Å². The Morgan fingerprint density at radius 3 is 2.97 bits per heavy atom. The molecule has 1 fully saturated rings. The van der Waals surface area contributed by atoms with Crippen LogP contribution in [-0.4, -0.2) is 56.9 Å². The zero-order valence-electron chi connectivity index (χ0n) is 18.0. The van der Waals surface area contributed by atoms with E-state index in [-0.39, 0.29) is 24.0 Å². The summed E-state index contributed by atoms with van der Waals surface area (Å²) >= 11 is 6.29. The van der Waals surface area contributed by atoms with Crippen molar-refractivity contribution in [1.82, 2.24) is 15.6 Å². The Morgan fingerprint density at radius 1 is 1.32 bits per heavy atom. The predicted octanol–water partition coefficient (Wildman–Crippen LogP) is 3.71. The molecular formula is C22H31ClIN5O2. The largest absolute Gasteiger partial charge is 0.497 e. The molecule has 31 heavy (non-hydrogen) atoms. The Balaban J connectivity index is 0.00000341. The van der Waals surface area contributed by atoms with Gasteiger partial charge in [0.15, 0.2) is 5.96 Å². The highest BCUT2D eigenvalue weighted by molar-refractivity contribution is 14.0. The third kappa shape index (κ3) is 8.01. The van der Waals surface area contributed by atoms with Crippen molar-refractivity contribution >= 4 is 47.4 Å². The molecule has 2 N–H and O–H groups in total. The molecule has 0 spiro atoms. The van der Waals surface area contributed by atoms with E-state index in [1.54, 1.807) is 13.3 Å². The van der Waals surface area contributed by atoms with Crippen LogP contribution < -0.4 is 20.3 Å². The molecule has 0 radical (unpaired) electrons. The number of aromatic nitrogens is 1. The molecular weight excluding hydrogens is 529 g/mol. The number of pyridine rings is 1. The number of hydrogen-bond acceptors (Lipinski definition) is 5. The fraction of sp³-hybridized carbons (Fsp3) is 0.455. The molecule has 1 saturated heterocycles. The average molecular weight is 560 g/mol. The van der Waals surface area contributed by atoms with Gasteiger partial charge in [-0.25, -0.2) is 4.98 Å². The lowest BCUT2D eigenvalue weighted by Gasteiger charge is -2.20. The summed E-state index contributed by atoms with van der Waals surface area (Å²) in [7, 11) is 1.67. The molecule has 0 saturated carbocycles. The topological polar surface area (TPSA) is 71.0 Å². The van der Waals surface area contributed by atoms with Gasteiger partial charge in [-0.15, -0.1) is 24.0 Å². The summed E-state index contributed by atoms with van der Waals surface area (Å²) in [5.41, 5.74) is 1.09. The molecule has 1 unspecified atom stereocenters. The van der Waals surface area contributed by atoms with Gasteiger partial charge in [0.05, 0.1) is 31.9 Å². The van der Waals surface area contributed by atoms with E-state index in [4.69, 9.17) is 21.1 Å². The summed E-state index contributed by atoms with van der Waals surface area (Å²) in [4.78, 5) is 11.3. The molecule has 9 heteroatoms. The monoisotopic (exact) mass is 559 g/mol. The van der Waals surface area contributed by atoms with Crippen LogP contribution in [0.2, 0.25) is 5.02 Å². The maximum Gasteiger partial charge on any atom is 0.191 e. The minimum atomic E-state index is 0. The van der Waals surface area contributed by atoms with Gasteiger partial charge in [0.2, 0.25) is 0 Å². The molecule has 0 amide bonds. The molecule has 1 aliphatic heterocycles. The van der Waals surface area contributed by atoms with Gasteiger partial charge in [-0.1, -0.05) is 23.7 Å². The molecule has 7 nitrogen and oxygen atoms in total. The minimum absolute atomic E-state index is 0. The number of hydrogen-bond donors (Lipinski definition) is 2. The second-order valence-electron chi connectivity index (χ2n) is 7.05. The van der Waals surface area contributed by atoms with Crippen LogP contribution in [0.4, 0.5) is 5.82 Å². The molecule has 1 atom stereocenters. The van der Waals surface area contributed by atoms with E-state index >= 15 is 0 Å². The van der Waals surface area contributed by atoms with Crippen molar-refractivity contribution in [2.24, 2.45) is 4.99 Å². The molecule has 2 heterocycles. The van der Waals surface area contributed by atoms with Crippen LogP contribution in [0.3, 0.4) is 0 Å². The van der Waals surface area contributed by atoms with Crippen molar-refractivity contribution in [3.63, 3.8) is 0 Å². The summed E-state index contributed by atoms with van der Waals surface area (Å²) < 4.78 is 11.0. The zero-order chi connectivity index (χ0) is 21.2. The lowest BCUT2D eigenvalue weighted by Crippen LogP contribution is -2.44. The highest BCUT2D eigenvalue weighted by atomic mass is 127. The summed E-state index contributed by atoms with van der Waals surface area (Å²) in [6, 6.07) is 11.9. The number of ether oxygens (including phenoxy) is 2. The van der Waals surface area contributed by atoms with E-state index < -0.39 is 0 Å². The Kier molecular flexibility index (Phi) is 11.2. The molecule has 1 aliphatic rings. The highest BCUT2D eigenvalue weighted by Crippen LogP contribution is 2.25. The number of nitrogens with zero attached hydrogens (tertiary/aromatic N) is 3. The molecule has 1 aromatic heterocycles. The Labute approximate surface area is 206 Å². The van der Waals surface area contributed by atoms with Gasteiger partial charge in [0.25, 0.3) is 0 Å². The lowest BCUT2D eigenvalue weighted by molar-refractivity contribution is 0.128. The van der Waals surface area contributed by atoms with E-state index in [1.165, 1.54) is 0 Å². The molecule has 1 aromatic carbocycles. The fourth-order valence-corrected chi connectivity index (χ4v) is 3.61. The van der Waals surface area contributed by atoms with Crippen molar-refractivity contribution < 1.29 is 9.47 Å². The lowest BCUT2D eigenvalue weighted by atomic mass is 10.2. The van der Waals surface area contributed by atoms with Crippen molar-refractivity contribution in [3.05, 3.63) is 53.2 Å². The van der Waals surface area contributed by atoms with E-state index in [2.05, 4.69) is 32.4 Å². The number of rotatable bonds is 9. The van der Waals surface area contributed by atoms with Gasteiger partial charge in [0.1, 0.15) is 11.6 Å². The number of halogens is 2. The third-order valence-corrected chi connectivity index (χ3v) is 5.12. The molecule has 0 bridgehead atoms. The van der Waals surface area contributed by atoms with Gasteiger partial charge in [-0.3, -0.25) is 4.99 Å². The molecule has 170 valence electrons. The SMILES string of the molecule is CCNC(=NCCOCc1cccc(OC)c1)NC1CCN(c2ncccc2Cl)C1.I. The number of benzene rings is 1. The van der Waals surface area contributed by atoms with Gasteiger partial charge in [-0.05, 0) is 43.2 Å². The first-order valence-electron chi connectivity index (χ1n) is 10.3. The van der Waals surface area contributed by atoms with Crippen LogP contribution >= 0.6 is 35.6 Å². The van der Waals surface area contributed by atoms with Crippen LogP contribution in [0.5, 0.6) is 5.75 Å². The minimum Gasteiger partial charge on any atom is -0.497 e. The fourth-order valence-electron chi connectivity index (χ4n) is 3.37. The van der Waals surface area contributed by atoms with Gasteiger partial charge >= 0.3 is 0 Å². The molecule has 2 aromatic rings. The van der Waals surface area contributed by atoms with Crippen molar-refractivity contribution in [2.45, 2.75) is 26.0 Å². The number of methoxy groups -OCH3 is 1. The highest BCUT2D eigenvalue weighted by Gasteiger charge is 2.25. The quantitative estimate of drug-likeness (QED) is 0.211. The van der Waals surface area contributed by atoms with E-state index in [0.29, 0.717) is 30.8 Å². The van der Waals surface area contributed by atoms with Crippen LogP contribution in [0.1, 0.15) is 18.9 Å². The van der Waals surface area contributed by atoms with Crippen molar-refractivity contribution in [1.29, 1.82) is 0 Å². The number of nitrogens with one attached hydrogen (secondary N) is 2. The third-order valence-electron chi connectivity index (χ3n) is 4.82. The molecule has 3 rings (SSSR count). The second kappa shape index (κ2) is 13.6. The standard InChI is InChI=1S/C22H30ClN5O2.HI/c1-3-24-22(26-11-13-30-16-17-6-4-7-19(14-17)29-2)27-18-9-12-28(15-18)21-20(23)8-5-10-25-21;/h4-8,10,14,18H,3,9,11-13,15-16H2,1-2H3,(H2,24,26,27);1H. The van der Waals surface area contributed by atoms with Crippen LogP contribution in [0.25, 0.3) is 0 Å². The first-order valence-corrected chi connectivity index (χ1v) is 10.7. The first kappa shape index (κ1) is 25.5. The first-order chi connectivity index (χ1) is 14.7. The van der Waals surface area contributed by atoms with E-state index in [0.717, 1.165) is 49.1 Å². The summed E-state index contributed by atoms with van der Waals surface area (Å²) in [5.74, 6) is 2.49. The zero-order valence-corrected chi connectivity index (χ0v) is 21.1. The van der Waals surface area contributed by atoms with Gasteiger partial charge < -0.3 is 25.0 Å². The predicted molar refractivity (Wildman–Crippen MR) is 137 cm³/mol. The van der Waals surface area contributed by atoms with Crippen LogP contribution in [0, 0.1) is 0 Å². The van der Waals surface area contributed by atoms with Crippen molar-refractivity contribution in [2.75, 3.05) is 44.8 Å². The summed E-state index contributed by atoms with van der Waals surface area (Å²) in [5, 5.41) is 7.51. The number of aliphatic imine (C=N–C) groups is 1. The summed E-state index contributed by atoms with van der Waals surface area (Å²) in [6.07, 6.45) is 2.78. The maximum atomic E-state index is 6.29. The Bertz CT molecular complexity index is 839. The second-order valence-corrected chi connectivity index (χ2v) is 7.46. The smallest absolute Gasteiger partial charge is 0.191 e. The Hall–Kier alpha value is -1.78. The van der Waals surface area contributed by atoms with Gasteiger partial charge in [-0.2, -0.15) is 0 Å². The summed E-state index contributed by atoms with van der Waals surface area (Å²) in [6.45, 7) is 6.30. The van der Waals surface area contributed by atoms with Crippen molar-refractivity contribution in [3.8, 4) is 5.75 Å². The number of guanidine groups is 1. The Morgan fingerprint density at radius 2 is 2.19 bits per heavy atom. The maximum absolute atomic E-state index is 6.29. The average Bonchev–Trinajstić information content (AvgIpc) is 3.22. The number of anilines is 1.